The Morgan fingerprint density at radius 3 is 2.41 bits per heavy atom. The van der Waals surface area contributed by atoms with Gasteiger partial charge in [-0.3, -0.25) is 9.59 Å². The van der Waals surface area contributed by atoms with Crippen LogP contribution in [0.4, 0.5) is 0 Å². The third-order valence-corrected chi connectivity index (χ3v) is 7.40. The molecule has 0 spiro atoms. The van der Waals surface area contributed by atoms with Crippen LogP contribution >= 0.6 is 11.8 Å². The van der Waals surface area contributed by atoms with Crippen molar-refractivity contribution in [1.29, 1.82) is 0 Å². The molecule has 1 N–H and O–H groups in total. The number of amides is 2. The summed E-state index contributed by atoms with van der Waals surface area (Å²) >= 11 is 1.64. The van der Waals surface area contributed by atoms with Crippen molar-refractivity contribution >= 4 is 23.6 Å². The first kappa shape index (κ1) is 23.9. The first-order valence-corrected chi connectivity index (χ1v) is 12.6. The number of rotatable bonds is 9. The van der Waals surface area contributed by atoms with E-state index in [0.717, 1.165) is 29.7 Å². The predicted molar refractivity (Wildman–Crippen MR) is 137 cm³/mol. The van der Waals surface area contributed by atoms with Crippen molar-refractivity contribution in [2.45, 2.75) is 31.2 Å². The second-order valence-electron chi connectivity index (χ2n) is 8.32. The molecule has 34 heavy (non-hydrogen) atoms. The lowest BCUT2D eigenvalue weighted by molar-refractivity contribution is -0.128. The van der Waals surface area contributed by atoms with Gasteiger partial charge in [-0.1, -0.05) is 61.5 Å². The molecule has 3 aromatic carbocycles. The highest BCUT2D eigenvalue weighted by molar-refractivity contribution is 8.00. The maximum absolute atomic E-state index is 12.9. The topological polar surface area (TPSA) is 58.6 Å². The van der Waals surface area contributed by atoms with Gasteiger partial charge in [-0.05, 0) is 53.8 Å². The van der Waals surface area contributed by atoms with E-state index in [0.29, 0.717) is 17.9 Å². The van der Waals surface area contributed by atoms with Crippen LogP contribution < -0.4 is 10.1 Å². The highest BCUT2D eigenvalue weighted by Crippen LogP contribution is 2.38. The Kier molecular flexibility index (Phi) is 7.91. The standard InChI is InChI=1S/C28H30N2O3S/c1-3-25(21-13-15-24(33-2)16-14-21)29-27(32)22-9-11-23(12-10-22)28-30(26(31)19-34-28)18-17-20-7-5-4-6-8-20/h4-16,25,28H,3,17-19H2,1-2H3,(H,29,32)/t25-,28+/m0/s1. The number of nitrogens with one attached hydrogen (secondary N) is 1. The molecule has 1 saturated heterocycles. The van der Waals surface area contributed by atoms with Crippen molar-refractivity contribution in [1.82, 2.24) is 10.2 Å². The number of thioether (sulfide) groups is 1. The van der Waals surface area contributed by atoms with Crippen molar-refractivity contribution in [3.63, 3.8) is 0 Å². The maximum Gasteiger partial charge on any atom is 0.251 e. The molecule has 3 aromatic rings. The van der Waals surface area contributed by atoms with Crippen molar-refractivity contribution in [2.75, 3.05) is 19.4 Å². The van der Waals surface area contributed by atoms with E-state index in [9.17, 15) is 9.59 Å². The van der Waals surface area contributed by atoms with E-state index < -0.39 is 0 Å². The quantitative estimate of drug-likeness (QED) is 0.452. The molecule has 0 unspecified atom stereocenters. The Morgan fingerprint density at radius 1 is 1.06 bits per heavy atom. The van der Waals surface area contributed by atoms with E-state index in [4.69, 9.17) is 4.74 Å². The molecule has 1 aliphatic heterocycles. The van der Waals surface area contributed by atoms with Crippen LogP contribution in [-0.2, 0) is 11.2 Å². The number of ether oxygens (including phenoxy) is 1. The number of benzene rings is 3. The maximum atomic E-state index is 12.9. The normalized spacial score (nSPS) is 16.4. The molecule has 5 nitrogen and oxygen atoms in total. The van der Waals surface area contributed by atoms with Gasteiger partial charge in [0.1, 0.15) is 11.1 Å². The van der Waals surface area contributed by atoms with Gasteiger partial charge in [0, 0.05) is 12.1 Å². The van der Waals surface area contributed by atoms with E-state index >= 15 is 0 Å². The van der Waals surface area contributed by atoms with Gasteiger partial charge < -0.3 is 15.0 Å². The van der Waals surface area contributed by atoms with Crippen LogP contribution in [0.15, 0.2) is 78.9 Å². The lowest BCUT2D eigenvalue weighted by Crippen LogP contribution is -2.30. The van der Waals surface area contributed by atoms with E-state index in [2.05, 4.69) is 24.4 Å². The van der Waals surface area contributed by atoms with E-state index in [1.54, 1.807) is 18.9 Å². The van der Waals surface area contributed by atoms with Crippen molar-refractivity contribution in [3.8, 4) is 5.75 Å². The molecule has 0 bridgehead atoms. The summed E-state index contributed by atoms with van der Waals surface area (Å²) in [6.07, 6.45) is 1.61. The van der Waals surface area contributed by atoms with Gasteiger partial charge in [0.15, 0.2) is 0 Å². The summed E-state index contributed by atoms with van der Waals surface area (Å²) in [6.45, 7) is 2.74. The van der Waals surface area contributed by atoms with Crippen LogP contribution in [0.2, 0.25) is 0 Å². The minimum absolute atomic E-state index is 0.0176. The Balaban J connectivity index is 1.40. The fourth-order valence-electron chi connectivity index (χ4n) is 4.16. The van der Waals surface area contributed by atoms with Crippen LogP contribution in [0.25, 0.3) is 0 Å². The molecule has 1 fully saturated rings. The van der Waals surface area contributed by atoms with Gasteiger partial charge in [0.25, 0.3) is 5.91 Å². The van der Waals surface area contributed by atoms with Crippen molar-refractivity contribution in [3.05, 3.63) is 101 Å². The molecule has 4 rings (SSSR count). The molecule has 1 aliphatic rings. The minimum Gasteiger partial charge on any atom is -0.497 e. The van der Waals surface area contributed by atoms with Crippen molar-refractivity contribution in [2.24, 2.45) is 0 Å². The van der Waals surface area contributed by atoms with Crippen LogP contribution in [0, 0.1) is 0 Å². The zero-order valence-corrected chi connectivity index (χ0v) is 20.4. The molecular weight excluding hydrogens is 444 g/mol. The smallest absolute Gasteiger partial charge is 0.251 e. The first-order valence-electron chi connectivity index (χ1n) is 11.6. The fourth-order valence-corrected chi connectivity index (χ4v) is 5.38. The number of hydrogen-bond donors (Lipinski definition) is 1. The predicted octanol–water partition coefficient (Wildman–Crippen LogP) is 5.39. The van der Waals surface area contributed by atoms with Gasteiger partial charge in [-0.15, -0.1) is 11.8 Å². The second-order valence-corrected chi connectivity index (χ2v) is 9.38. The first-order chi connectivity index (χ1) is 16.6. The third kappa shape index (κ3) is 5.62. The van der Waals surface area contributed by atoms with Gasteiger partial charge >= 0.3 is 0 Å². The minimum atomic E-state index is -0.106. The van der Waals surface area contributed by atoms with Crippen LogP contribution in [0.3, 0.4) is 0 Å². The number of hydrogen-bond acceptors (Lipinski definition) is 4. The molecule has 0 aromatic heterocycles. The molecule has 2 atom stereocenters. The monoisotopic (exact) mass is 474 g/mol. The van der Waals surface area contributed by atoms with E-state index in [1.165, 1.54) is 5.56 Å². The Hall–Kier alpha value is -3.25. The largest absolute Gasteiger partial charge is 0.497 e. The Bertz CT molecular complexity index is 1100. The van der Waals surface area contributed by atoms with Crippen molar-refractivity contribution < 1.29 is 14.3 Å². The Labute approximate surface area is 205 Å². The second kappa shape index (κ2) is 11.3. The molecule has 0 radical (unpaired) electrons. The zero-order valence-electron chi connectivity index (χ0n) is 19.6. The molecule has 2 amide bonds. The lowest BCUT2D eigenvalue weighted by Gasteiger charge is -2.24. The summed E-state index contributed by atoms with van der Waals surface area (Å²) in [4.78, 5) is 27.4. The molecule has 176 valence electrons. The molecular formula is C28H30N2O3S. The highest BCUT2D eigenvalue weighted by Gasteiger charge is 2.32. The SMILES string of the molecule is CC[C@H](NC(=O)c1ccc([C@H]2SCC(=O)N2CCc2ccccc2)cc1)c1ccc(OC)cc1. The average Bonchev–Trinajstić information content (AvgIpc) is 3.26. The molecule has 0 saturated carbocycles. The number of carbonyl (C=O) groups excluding carboxylic acids is 2. The molecule has 1 heterocycles. The fraction of sp³-hybridized carbons (Fsp3) is 0.286. The summed E-state index contributed by atoms with van der Waals surface area (Å²) in [5.41, 5.74) is 3.92. The number of carbonyl (C=O) groups is 2. The number of methoxy groups -OCH3 is 1. The van der Waals surface area contributed by atoms with Gasteiger partial charge in [-0.25, -0.2) is 0 Å². The summed E-state index contributed by atoms with van der Waals surface area (Å²) in [5.74, 6) is 1.34. The summed E-state index contributed by atoms with van der Waals surface area (Å²) in [5, 5.41) is 3.11. The van der Waals surface area contributed by atoms with Crippen LogP contribution in [0.5, 0.6) is 5.75 Å². The third-order valence-electron chi connectivity index (χ3n) is 6.14. The van der Waals surface area contributed by atoms with Gasteiger partial charge in [-0.2, -0.15) is 0 Å². The lowest BCUT2D eigenvalue weighted by atomic mass is 10.0. The van der Waals surface area contributed by atoms with E-state index in [-0.39, 0.29) is 23.2 Å². The summed E-state index contributed by atoms with van der Waals surface area (Å²) in [6, 6.07) is 25.6. The zero-order chi connectivity index (χ0) is 23.9. The summed E-state index contributed by atoms with van der Waals surface area (Å²) in [7, 11) is 1.64. The van der Waals surface area contributed by atoms with Crippen LogP contribution in [-0.4, -0.2) is 36.1 Å². The molecule has 6 heteroatoms. The average molecular weight is 475 g/mol. The molecule has 0 aliphatic carbocycles. The highest BCUT2D eigenvalue weighted by atomic mass is 32.2. The van der Waals surface area contributed by atoms with Gasteiger partial charge in [0.05, 0.1) is 18.9 Å². The van der Waals surface area contributed by atoms with E-state index in [1.807, 2.05) is 71.6 Å². The Morgan fingerprint density at radius 2 is 1.76 bits per heavy atom. The van der Waals surface area contributed by atoms with Gasteiger partial charge in [0.2, 0.25) is 5.91 Å². The number of nitrogens with zero attached hydrogens (tertiary/aromatic N) is 1. The summed E-state index contributed by atoms with van der Waals surface area (Å²) < 4.78 is 5.22. The van der Waals surface area contributed by atoms with Crippen LogP contribution in [0.1, 0.15) is 51.8 Å².